The van der Waals surface area contributed by atoms with Gasteiger partial charge in [-0.3, -0.25) is 9.59 Å². The van der Waals surface area contributed by atoms with Gasteiger partial charge in [-0.1, -0.05) is 0 Å². The van der Waals surface area contributed by atoms with Crippen LogP contribution in [0, 0.1) is 0 Å². The number of ether oxygens (including phenoxy) is 2. The van der Waals surface area contributed by atoms with Crippen molar-refractivity contribution in [3.63, 3.8) is 0 Å². The molecule has 1 unspecified atom stereocenters. The van der Waals surface area contributed by atoms with Gasteiger partial charge in [0.2, 0.25) is 0 Å². The number of carbonyl (C=O) groups excluding carboxylic acids is 2. The van der Waals surface area contributed by atoms with Gasteiger partial charge in [0.25, 0.3) is 0 Å². The highest BCUT2D eigenvalue weighted by atomic mass is 16.7. The Balaban J connectivity index is 2.04. The second-order valence-electron chi connectivity index (χ2n) is 5.03. The number of hydrogen-bond acceptors (Lipinski definition) is 5. The van der Waals surface area contributed by atoms with Crippen molar-refractivity contribution in [1.29, 1.82) is 0 Å². The molecular formula is C13H14O5. The van der Waals surface area contributed by atoms with Gasteiger partial charge in [0, 0.05) is 24.0 Å². The maximum Gasteiger partial charge on any atom is 0.184 e. The Morgan fingerprint density at radius 3 is 2.78 bits per heavy atom. The molecule has 3 rings (SSSR count). The van der Waals surface area contributed by atoms with Gasteiger partial charge in [0.05, 0.1) is 18.8 Å². The van der Waals surface area contributed by atoms with Gasteiger partial charge in [0.15, 0.2) is 17.4 Å². The average molecular weight is 250 g/mol. The molecule has 0 aromatic heterocycles. The minimum Gasteiger partial charge on any atom is -0.394 e. The van der Waals surface area contributed by atoms with Crippen LogP contribution in [0.15, 0.2) is 23.3 Å². The zero-order valence-corrected chi connectivity index (χ0v) is 10.0. The van der Waals surface area contributed by atoms with Crippen molar-refractivity contribution in [2.24, 2.45) is 0 Å². The lowest BCUT2D eigenvalue weighted by Crippen LogP contribution is -2.53. The Hall–Kier alpha value is -1.30. The normalized spacial score (nSPS) is 39.0. The molecule has 2 bridgehead atoms. The maximum atomic E-state index is 11.9. The van der Waals surface area contributed by atoms with Crippen molar-refractivity contribution in [3.05, 3.63) is 23.3 Å². The molecule has 2 heterocycles. The summed E-state index contributed by atoms with van der Waals surface area (Å²) in [7, 11) is 0. The summed E-state index contributed by atoms with van der Waals surface area (Å²) in [5.41, 5.74) is 0.944. The number of fused-ring (bicyclic) bond motifs is 3. The molecular weight excluding hydrogens is 236 g/mol. The standard InChI is InChI=1S/C13H14O5/c1-13-5-8-9(15)2-3-10(16)12(8)11(18-13)4-7(6-14)17-13/h2-3,7,11,14H,4-6H2,1H3/t7?,11-,13-/m1/s1. The summed E-state index contributed by atoms with van der Waals surface area (Å²) in [6.07, 6.45) is 2.44. The van der Waals surface area contributed by atoms with Crippen molar-refractivity contribution in [2.45, 2.75) is 37.8 Å². The zero-order valence-electron chi connectivity index (χ0n) is 10.0. The van der Waals surface area contributed by atoms with Crippen molar-refractivity contribution in [2.75, 3.05) is 6.61 Å². The predicted molar refractivity (Wildman–Crippen MR) is 60.7 cm³/mol. The van der Waals surface area contributed by atoms with Crippen LogP contribution < -0.4 is 0 Å². The fourth-order valence-electron chi connectivity index (χ4n) is 2.87. The van der Waals surface area contributed by atoms with Crippen LogP contribution in [-0.2, 0) is 19.1 Å². The van der Waals surface area contributed by atoms with Gasteiger partial charge < -0.3 is 14.6 Å². The molecule has 0 aromatic carbocycles. The highest BCUT2D eigenvalue weighted by Gasteiger charge is 2.48. The number of ketones is 2. The number of aliphatic hydroxyl groups excluding tert-OH is 1. The summed E-state index contributed by atoms with van der Waals surface area (Å²) in [5, 5.41) is 9.21. The predicted octanol–water partition coefficient (Wildman–Crippen LogP) is 0.277. The van der Waals surface area contributed by atoms with Gasteiger partial charge >= 0.3 is 0 Å². The molecule has 3 atom stereocenters. The third-order valence-electron chi connectivity index (χ3n) is 3.58. The number of hydrogen-bond donors (Lipinski definition) is 1. The fraction of sp³-hybridized carbons (Fsp3) is 0.538. The molecule has 0 saturated carbocycles. The van der Waals surface area contributed by atoms with Crippen LogP contribution in [-0.4, -0.2) is 41.3 Å². The average Bonchev–Trinajstić information content (AvgIpc) is 2.32. The van der Waals surface area contributed by atoms with E-state index in [0.29, 0.717) is 17.6 Å². The Labute approximate surface area is 104 Å². The molecule has 1 saturated heterocycles. The molecule has 0 spiro atoms. The molecule has 1 fully saturated rings. The molecule has 2 aliphatic heterocycles. The van der Waals surface area contributed by atoms with Crippen molar-refractivity contribution in [1.82, 2.24) is 0 Å². The van der Waals surface area contributed by atoms with E-state index in [-0.39, 0.29) is 30.7 Å². The lowest BCUT2D eigenvalue weighted by atomic mass is 9.81. The first-order valence-corrected chi connectivity index (χ1v) is 5.99. The number of allylic oxidation sites excluding steroid dienone is 2. The van der Waals surface area contributed by atoms with Crippen LogP contribution in [0.5, 0.6) is 0 Å². The number of aliphatic hydroxyl groups is 1. The van der Waals surface area contributed by atoms with Crippen molar-refractivity contribution >= 4 is 11.6 Å². The van der Waals surface area contributed by atoms with E-state index in [1.807, 2.05) is 0 Å². The lowest BCUT2D eigenvalue weighted by Gasteiger charge is -2.47. The van der Waals surface area contributed by atoms with E-state index in [4.69, 9.17) is 9.47 Å². The van der Waals surface area contributed by atoms with E-state index in [1.165, 1.54) is 12.2 Å². The molecule has 0 radical (unpaired) electrons. The summed E-state index contributed by atoms with van der Waals surface area (Å²) in [4.78, 5) is 23.7. The Morgan fingerprint density at radius 2 is 2.06 bits per heavy atom. The Morgan fingerprint density at radius 1 is 1.33 bits per heavy atom. The quantitative estimate of drug-likeness (QED) is 0.677. The first-order chi connectivity index (χ1) is 8.52. The van der Waals surface area contributed by atoms with E-state index in [0.717, 1.165) is 0 Å². The molecule has 5 heteroatoms. The topological polar surface area (TPSA) is 72.8 Å². The van der Waals surface area contributed by atoms with Crippen LogP contribution >= 0.6 is 0 Å². The summed E-state index contributed by atoms with van der Waals surface area (Å²) in [6.45, 7) is 1.62. The first-order valence-electron chi connectivity index (χ1n) is 5.99. The van der Waals surface area contributed by atoms with Gasteiger partial charge in [-0.2, -0.15) is 0 Å². The first kappa shape index (κ1) is 11.8. The minimum absolute atomic E-state index is 0.115. The van der Waals surface area contributed by atoms with E-state index in [1.54, 1.807) is 6.92 Å². The molecule has 0 amide bonds. The third kappa shape index (κ3) is 1.67. The molecule has 5 nitrogen and oxygen atoms in total. The molecule has 0 aromatic rings. The summed E-state index contributed by atoms with van der Waals surface area (Å²) in [6, 6.07) is 0. The van der Waals surface area contributed by atoms with Gasteiger partial charge in [-0.05, 0) is 19.1 Å². The van der Waals surface area contributed by atoms with Gasteiger partial charge in [-0.25, -0.2) is 0 Å². The molecule has 18 heavy (non-hydrogen) atoms. The summed E-state index contributed by atoms with van der Waals surface area (Å²) in [5.74, 6) is -1.23. The zero-order chi connectivity index (χ0) is 12.9. The van der Waals surface area contributed by atoms with Gasteiger partial charge in [-0.15, -0.1) is 0 Å². The Bertz CT molecular complexity index is 490. The SMILES string of the molecule is C[C@@]12CC3=C(C(=O)C=CC3=O)[C@@H](CC(CO)O1)O2. The van der Waals surface area contributed by atoms with Crippen LogP contribution in [0.1, 0.15) is 19.8 Å². The third-order valence-corrected chi connectivity index (χ3v) is 3.58. The van der Waals surface area contributed by atoms with E-state index in [9.17, 15) is 14.7 Å². The van der Waals surface area contributed by atoms with Gasteiger partial charge in [0.1, 0.15) is 0 Å². The second kappa shape index (κ2) is 3.85. The molecule has 96 valence electrons. The van der Waals surface area contributed by atoms with Crippen LogP contribution in [0.2, 0.25) is 0 Å². The Kier molecular flexibility index (Phi) is 2.52. The largest absolute Gasteiger partial charge is 0.394 e. The van der Waals surface area contributed by atoms with Crippen LogP contribution in [0.3, 0.4) is 0 Å². The monoisotopic (exact) mass is 250 g/mol. The highest BCUT2D eigenvalue weighted by Crippen LogP contribution is 2.42. The number of carbonyl (C=O) groups is 2. The summed E-state index contributed by atoms with van der Waals surface area (Å²) >= 11 is 0. The fourth-order valence-corrected chi connectivity index (χ4v) is 2.87. The highest BCUT2D eigenvalue weighted by molar-refractivity contribution is 6.20. The van der Waals surface area contributed by atoms with E-state index in [2.05, 4.69) is 0 Å². The molecule has 1 aliphatic carbocycles. The van der Waals surface area contributed by atoms with E-state index < -0.39 is 11.9 Å². The number of rotatable bonds is 1. The second-order valence-corrected chi connectivity index (χ2v) is 5.03. The minimum atomic E-state index is -0.920. The van der Waals surface area contributed by atoms with Crippen LogP contribution in [0.25, 0.3) is 0 Å². The van der Waals surface area contributed by atoms with Crippen LogP contribution in [0.4, 0.5) is 0 Å². The lowest BCUT2D eigenvalue weighted by molar-refractivity contribution is -0.310. The smallest absolute Gasteiger partial charge is 0.184 e. The van der Waals surface area contributed by atoms with Crippen molar-refractivity contribution < 1.29 is 24.2 Å². The maximum absolute atomic E-state index is 11.9. The molecule has 3 aliphatic rings. The molecule has 1 N–H and O–H groups in total. The van der Waals surface area contributed by atoms with E-state index >= 15 is 0 Å². The summed E-state index contributed by atoms with van der Waals surface area (Å²) < 4.78 is 11.4. The van der Waals surface area contributed by atoms with Crippen molar-refractivity contribution in [3.8, 4) is 0 Å².